The number of nitrogens with one attached hydrogen (secondary N) is 4. The molecule has 208 valence electrons. The van der Waals surface area contributed by atoms with E-state index >= 15 is 0 Å². The second-order valence-electron chi connectivity index (χ2n) is 9.49. The van der Waals surface area contributed by atoms with E-state index in [4.69, 9.17) is 0 Å². The Balaban J connectivity index is 1.55. The Bertz CT molecular complexity index is 1890. The Kier molecular flexibility index (Phi) is 7.39. The molecule has 0 bridgehead atoms. The lowest BCUT2D eigenvalue weighted by atomic mass is 9.91. The summed E-state index contributed by atoms with van der Waals surface area (Å²) in [4.78, 5) is 41.9. The van der Waals surface area contributed by atoms with Gasteiger partial charge in [-0.25, -0.2) is 19.2 Å². The predicted molar refractivity (Wildman–Crippen MR) is 148 cm³/mol. The van der Waals surface area contributed by atoms with Crippen LogP contribution in [0.1, 0.15) is 48.5 Å². The summed E-state index contributed by atoms with van der Waals surface area (Å²) < 4.78 is 44.0. The van der Waals surface area contributed by atoms with E-state index in [1.807, 2.05) is 6.92 Å². The third-order valence-electron chi connectivity index (χ3n) is 6.63. The standard InChI is InChI=1S/C27H28FN7O4S/c1-3-4-13-35-25-23(26(36)33-27(35)37)31-24(32-25)20(14-18-7-5-6-8-21(18)28)17-9-11-19(12-10-17)34-40(38,39)22-15-29-16(2)30-22/h5-12,15,20,34H,3-4,13-14H2,1-2H3,(H,29,30)(H,31,32)(H,33,36,37). The summed E-state index contributed by atoms with van der Waals surface area (Å²) >= 11 is 0. The fraction of sp³-hybridized carbons (Fsp3) is 0.259. The molecule has 0 amide bonds. The van der Waals surface area contributed by atoms with Gasteiger partial charge in [-0.3, -0.25) is 19.1 Å². The number of halogens is 1. The second kappa shape index (κ2) is 10.9. The topological polar surface area (TPSA) is 158 Å². The van der Waals surface area contributed by atoms with Gasteiger partial charge in [0, 0.05) is 18.2 Å². The molecule has 0 saturated heterocycles. The fourth-order valence-electron chi connectivity index (χ4n) is 4.53. The number of rotatable bonds is 10. The summed E-state index contributed by atoms with van der Waals surface area (Å²) in [6, 6.07) is 13.0. The highest BCUT2D eigenvalue weighted by Crippen LogP contribution is 2.30. The highest BCUT2D eigenvalue weighted by molar-refractivity contribution is 7.92. The van der Waals surface area contributed by atoms with E-state index in [0.717, 1.165) is 12.8 Å². The summed E-state index contributed by atoms with van der Waals surface area (Å²) in [5.41, 5.74) is 0.702. The lowest BCUT2D eigenvalue weighted by Gasteiger charge is -2.17. The van der Waals surface area contributed by atoms with Gasteiger partial charge in [-0.15, -0.1) is 0 Å². The van der Waals surface area contributed by atoms with E-state index in [2.05, 4.69) is 29.6 Å². The van der Waals surface area contributed by atoms with Gasteiger partial charge in [-0.05, 0) is 49.1 Å². The lowest BCUT2D eigenvalue weighted by Crippen LogP contribution is -2.30. The molecule has 0 fully saturated rings. The van der Waals surface area contributed by atoms with Gasteiger partial charge in [0.15, 0.2) is 10.7 Å². The van der Waals surface area contributed by atoms with Gasteiger partial charge in [0.2, 0.25) is 0 Å². The van der Waals surface area contributed by atoms with E-state index in [1.165, 1.54) is 16.8 Å². The van der Waals surface area contributed by atoms with Crippen LogP contribution in [0.15, 0.2) is 69.3 Å². The summed E-state index contributed by atoms with van der Waals surface area (Å²) in [6.07, 6.45) is 3.00. The maximum Gasteiger partial charge on any atom is 0.330 e. The van der Waals surface area contributed by atoms with Crippen molar-refractivity contribution < 1.29 is 12.8 Å². The van der Waals surface area contributed by atoms with Crippen LogP contribution in [0.3, 0.4) is 0 Å². The minimum atomic E-state index is -3.88. The molecule has 5 aromatic rings. The second-order valence-corrected chi connectivity index (χ2v) is 11.1. The molecule has 5 rings (SSSR count). The average molecular weight is 566 g/mol. The summed E-state index contributed by atoms with van der Waals surface area (Å²) in [5.74, 6) is -0.0859. The maximum absolute atomic E-state index is 14.7. The van der Waals surface area contributed by atoms with Gasteiger partial charge in [0.05, 0.1) is 6.20 Å². The highest BCUT2D eigenvalue weighted by atomic mass is 32.2. The van der Waals surface area contributed by atoms with Crippen LogP contribution in [0.5, 0.6) is 0 Å². The Hall–Kier alpha value is -4.52. The van der Waals surface area contributed by atoms with Crippen molar-refractivity contribution in [3.05, 3.63) is 104 Å². The van der Waals surface area contributed by atoms with Crippen LogP contribution >= 0.6 is 0 Å². The molecule has 0 aliphatic rings. The average Bonchev–Trinajstić information content (AvgIpc) is 3.56. The zero-order valence-corrected chi connectivity index (χ0v) is 22.7. The number of sulfonamides is 1. The number of H-pyrrole nitrogens is 3. The number of aromatic amines is 3. The SMILES string of the molecule is CCCCn1c(=O)[nH]c(=O)c2[nH]c(C(Cc3ccccc3F)c3ccc(NS(=O)(=O)c4cnc(C)[nH]4)cc3)nc21. The number of fused-ring (bicyclic) bond motifs is 1. The third-order valence-corrected chi connectivity index (χ3v) is 7.92. The van der Waals surface area contributed by atoms with E-state index in [0.29, 0.717) is 35.0 Å². The molecule has 4 N–H and O–H groups in total. The number of imidazole rings is 2. The molecule has 1 atom stereocenters. The fourth-order valence-corrected chi connectivity index (χ4v) is 5.56. The number of benzene rings is 2. The van der Waals surface area contributed by atoms with Gasteiger partial charge in [-0.1, -0.05) is 43.7 Å². The lowest BCUT2D eigenvalue weighted by molar-refractivity contribution is 0.597. The molecule has 40 heavy (non-hydrogen) atoms. The molecule has 3 heterocycles. The summed E-state index contributed by atoms with van der Waals surface area (Å²) in [7, 11) is -3.88. The van der Waals surface area contributed by atoms with Crippen molar-refractivity contribution in [3.8, 4) is 0 Å². The molecule has 0 radical (unpaired) electrons. The number of unbranched alkanes of at least 4 members (excludes halogenated alkanes) is 1. The number of anilines is 1. The zero-order chi connectivity index (χ0) is 28.4. The first-order valence-electron chi connectivity index (χ1n) is 12.8. The van der Waals surface area contributed by atoms with Crippen molar-refractivity contribution in [1.82, 2.24) is 29.5 Å². The van der Waals surface area contributed by atoms with Gasteiger partial charge in [-0.2, -0.15) is 8.42 Å². The van der Waals surface area contributed by atoms with Crippen molar-refractivity contribution in [2.45, 2.75) is 50.6 Å². The third kappa shape index (κ3) is 5.45. The minimum Gasteiger partial charge on any atom is -0.336 e. The van der Waals surface area contributed by atoms with Crippen LogP contribution < -0.4 is 16.0 Å². The van der Waals surface area contributed by atoms with Crippen molar-refractivity contribution >= 4 is 26.9 Å². The Labute approximate surface area is 228 Å². The Morgan fingerprint density at radius 2 is 1.80 bits per heavy atom. The molecule has 11 nitrogen and oxygen atoms in total. The van der Waals surface area contributed by atoms with Crippen LogP contribution in [0, 0.1) is 12.7 Å². The predicted octanol–water partition coefficient (Wildman–Crippen LogP) is 3.56. The molecule has 1 unspecified atom stereocenters. The normalized spacial score (nSPS) is 12.6. The number of nitrogens with zero attached hydrogens (tertiary/aromatic N) is 3. The van der Waals surface area contributed by atoms with Crippen LogP contribution in [0.4, 0.5) is 10.1 Å². The van der Waals surface area contributed by atoms with Crippen molar-refractivity contribution in [1.29, 1.82) is 0 Å². The molecule has 0 spiro atoms. The molecule has 0 aliphatic carbocycles. The first-order chi connectivity index (χ1) is 19.2. The molecule has 3 aromatic heterocycles. The van der Waals surface area contributed by atoms with Gasteiger partial charge in [0.25, 0.3) is 15.6 Å². The van der Waals surface area contributed by atoms with E-state index in [9.17, 15) is 22.4 Å². The van der Waals surface area contributed by atoms with Crippen LogP contribution in [0.25, 0.3) is 11.2 Å². The van der Waals surface area contributed by atoms with Gasteiger partial charge >= 0.3 is 5.69 Å². The van der Waals surface area contributed by atoms with Crippen LogP contribution in [-0.2, 0) is 23.0 Å². The maximum atomic E-state index is 14.7. The summed E-state index contributed by atoms with van der Waals surface area (Å²) in [5, 5.41) is -0.0619. The zero-order valence-electron chi connectivity index (χ0n) is 21.9. The van der Waals surface area contributed by atoms with Crippen molar-refractivity contribution in [2.24, 2.45) is 0 Å². The van der Waals surface area contributed by atoms with E-state index < -0.39 is 27.2 Å². The first-order valence-corrected chi connectivity index (χ1v) is 14.2. The number of aryl methyl sites for hydroxylation is 2. The summed E-state index contributed by atoms with van der Waals surface area (Å²) in [6.45, 7) is 4.03. The number of aromatic nitrogens is 6. The minimum absolute atomic E-state index is 0.0619. The monoisotopic (exact) mass is 565 g/mol. The number of hydrogen-bond acceptors (Lipinski definition) is 6. The largest absolute Gasteiger partial charge is 0.336 e. The van der Waals surface area contributed by atoms with E-state index in [-0.39, 0.29) is 28.4 Å². The Morgan fingerprint density at radius 1 is 1.05 bits per heavy atom. The Morgan fingerprint density at radius 3 is 2.48 bits per heavy atom. The molecule has 13 heteroatoms. The highest BCUT2D eigenvalue weighted by Gasteiger charge is 2.24. The van der Waals surface area contributed by atoms with Gasteiger partial charge in [0.1, 0.15) is 23.0 Å². The smallest absolute Gasteiger partial charge is 0.330 e. The number of hydrogen-bond donors (Lipinski definition) is 4. The van der Waals surface area contributed by atoms with Crippen molar-refractivity contribution in [2.75, 3.05) is 4.72 Å². The molecular formula is C27H28FN7O4S. The van der Waals surface area contributed by atoms with Crippen LogP contribution in [0.2, 0.25) is 0 Å². The molecule has 2 aromatic carbocycles. The van der Waals surface area contributed by atoms with Crippen LogP contribution in [-0.4, -0.2) is 37.9 Å². The van der Waals surface area contributed by atoms with Crippen molar-refractivity contribution in [3.63, 3.8) is 0 Å². The molecular weight excluding hydrogens is 537 g/mol. The van der Waals surface area contributed by atoms with Gasteiger partial charge < -0.3 is 9.97 Å². The van der Waals surface area contributed by atoms with E-state index in [1.54, 1.807) is 49.4 Å². The first kappa shape index (κ1) is 27.1. The molecule has 0 aliphatic heterocycles. The molecule has 0 saturated carbocycles. The quantitative estimate of drug-likeness (QED) is 0.203.